The molecule has 1 aliphatic rings. The fraction of sp³-hybridized carbons (Fsp3) is 0.375. The Kier molecular flexibility index (Phi) is 5.45. The van der Waals surface area contributed by atoms with Crippen molar-refractivity contribution >= 4 is 28.4 Å². The molecule has 34 heavy (non-hydrogen) atoms. The minimum absolute atomic E-state index is 0.0392. The number of amides is 1. The van der Waals surface area contributed by atoms with Gasteiger partial charge in [0.05, 0.1) is 16.6 Å². The van der Waals surface area contributed by atoms with Gasteiger partial charge in [-0.2, -0.15) is 13.2 Å². The molecule has 1 fully saturated rings. The number of pyridine rings is 1. The number of aryl methyl sites for hydroxylation is 1. The van der Waals surface area contributed by atoms with E-state index in [9.17, 15) is 18.0 Å². The molecule has 1 saturated carbocycles. The SMILES string of the molecule is Cc1nc2cccc(C(=O)N[C@H]3CC[C@@H](N(C)c4cccc5nc(C(F)(F)F)cn45)CC3)c2[nH]1. The van der Waals surface area contributed by atoms with Gasteiger partial charge in [0.25, 0.3) is 5.91 Å². The molecular weight excluding hydrogens is 445 g/mol. The van der Waals surface area contributed by atoms with Crippen LogP contribution in [0.3, 0.4) is 0 Å². The standard InChI is InChI=1S/C24H25F3N6O/c1-14-28-18-6-3-5-17(22(18)29-14)23(34)30-15-9-11-16(12-10-15)32(2)21-8-4-7-20-31-19(13-33(20)21)24(25,26)27/h3-8,13,15-16H,9-12H2,1-2H3,(H,28,29)(H,30,34)/t15-,16+. The zero-order valence-electron chi connectivity index (χ0n) is 18.9. The third kappa shape index (κ3) is 4.08. The van der Waals surface area contributed by atoms with E-state index in [0.29, 0.717) is 11.4 Å². The van der Waals surface area contributed by atoms with Gasteiger partial charge in [-0.15, -0.1) is 0 Å². The van der Waals surface area contributed by atoms with Crippen LogP contribution in [0.2, 0.25) is 0 Å². The number of alkyl halides is 3. The van der Waals surface area contributed by atoms with Crippen LogP contribution in [-0.2, 0) is 6.18 Å². The number of para-hydroxylation sites is 1. The van der Waals surface area contributed by atoms with Crippen LogP contribution in [0, 0.1) is 6.92 Å². The Bertz CT molecular complexity index is 1350. The minimum Gasteiger partial charge on any atom is -0.358 e. The average molecular weight is 470 g/mol. The Balaban J connectivity index is 1.26. The lowest BCUT2D eigenvalue weighted by molar-refractivity contribution is -0.140. The molecule has 1 aliphatic carbocycles. The number of rotatable bonds is 4. The molecule has 0 spiro atoms. The van der Waals surface area contributed by atoms with Crippen molar-refractivity contribution in [2.24, 2.45) is 0 Å². The maximum atomic E-state index is 13.1. The summed E-state index contributed by atoms with van der Waals surface area (Å²) in [5.74, 6) is 1.29. The Hall–Kier alpha value is -3.56. The lowest BCUT2D eigenvalue weighted by Gasteiger charge is -2.36. The Morgan fingerprint density at radius 2 is 1.85 bits per heavy atom. The van der Waals surface area contributed by atoms with E-state index in [2.05, 4.69) is 20.3 Å². The topological polar surface area (TPSA) is 78.3 Å². The highest BCUT2D eigenvalue weighted by Crippen LogP contribution is 2.32. The van der Waals surface area contributed by atoms with Gasteiger partial charge in [0, 0.05) is 25.3 Å². The molecule has 1 amide bonds. The quantitative estimate of drug-likeness (QED) is 0.453. The number of hydrogen-bond acceptors (Lipinski definition) is 4. The maximum Gasteiger partial charge on any atom is 0.434 e. The summed E-state index contributed by atoms with van der Waals surface area (Å²) in [6.45, 7) is 1.85. The number of hydrogen-bond donors (Lipinski definition) is 2. The fourth-order valence-corrected chi connectivity index (χ4v) is 4.82. The van der Waals surface area contributed by atoms with Crippen LogP contribution < -0.4 is 10.2 Å². The normalized spacial score (nSPS) is 19.0. The van der Waals surface area contributed by atoms with Gasteiger partial charge < -0.3 is 15.2 Å². The highest BCUT2D eigenvalue weighted by molar-refractivity contribution is 6.05. The minimum atomic E-state index is -4.49. The first kappa shape index (κ1) is 22.2. The molecule has 0 radical (unpaired) electrons. The molecule has 7 nitrogen and oxygen atoms in total. The third-order valence-electron chi connectivity index (χ3n) is 6.58. The monoisotopic (exact) mass is 470 g/mol. The van der Waals surface area contributed by atoms with E-state index in [-0.39, 0.29) is 23.6 Å². The second kappa shape index (κ2) is 8.34. The van der Waals surface area contributed by atoms with Gasteiger partial charge in [-0.1, -0.05) is 12.1 Å². The van der Waals surface area contributed by atoms with Crippen molar-refractivity contribution in [3.05, 3.63) is 59.7 Å². The van der Waals surface area contributed by atoms with Crippen molar-refractivity contribution in [3.63, 3.8) is 0 Å². The summed E-state index contributed by atoms with van der Waals surface area (Å²) in [7, 11) is 1.90. The summed E-state index contributed by atoms with van der Waals surface area (Å²) < 4.78 is 40.9. The zero-order valence-corrected chi connectivity index (χ0v) is 18.9. The molecule has 0 atom stereocenters. The van der Waals surface area contributed by atoms with Gasteiger partial charge in [0.1, 0.15) is 17.3 Å². The number of imidazole rings is 2. The molecule has 2 N–H and O–H groups in total. The highest BCUT2D eigenvalue weighted by atomic mass is 19.4. The van der Waals surface area contributed by atoms with Crippen LogP contribution in [-0.4, -0.2) is 44.4 Å². The lowest BCUT2D eigenvalue weighted by Crippen LogP contribution is -2.43. The molecule has 5 rings (SSSR count). The number of anilines is 1. The maximum absolute atomic E-state index is 13.1. The van der Waals surface area contributed by atoms with Crippen LogP contribution in [0.25, 0.3) is 16.7 Å². The molecule has 178 valence electrons. The number of halogens is 3. The van der Waals surface area contributed by atoms with Crippen molar-refractivity contribution in [3.8, 4) is 0 Å². The van der Waals surface area contributed by atoms with Crippen molar-refractivity contribution in [2.75, 3.05) is 11.9 Å². The number of carbonyl (C=O) groups is 1. The smallest absolute Gasteiger partial charge is 0.358 e. The van der Waals surface area contributed by atoms with Gasteiger partial charge in [0.2, 0.25) is 0 Å². The predicted octanol–water partition coefficient (Wildman–Crippen LogP) is 4.72. The Morgan fingerprint density at radius 1 is 1.12 bits per heavy atom. The fourth-order valence-electron chi connectivity index (χ4n) is 4.82. The summed E-state index contributed by atoms with van der Waals surface area (Å²) >= 11 is 0. The van der Waals surface area contributed by atoms with E-state index in [1.54, 1.807) is 24.3 Å². The highest BCUT2D eigenvalue weighted by Gasteiger charge is 2.34. The molecule has 0 aliphatic heterocycles. The predicted molar refractivity (Wildman–Crippen MR) is 123 cm³/mol. The van der Waals surface area contributed by atoms with Gasteiger partial charge in [-0.05, 0) is 56.9 Å². The zero-order chi connectivity index (χ0) is 24.0. The molecule has 0 unspecified atom stereocenters. The van der Waals surface area contributed by atoms with Crippen LogP contribution >= 0.6 is 0 Å². The van der Waals surface area contributed by atoms with Crippen LogP contribution in [0.15, 0.2) is 42.6 Å². The molecule has 4 aromatic rings. The van der Waals surface area contributed by atoms with Gasteiger partial charge in [-0.3, -0.25) is 9.20 Å². The molecular formula is C24H25F3N6O. The first-order chi connectivity index (χ1) is 16.2. The molecule has 1 aromatic carbocycles. The van der Waals surface area contributed by atoms with Crippen LogP contribution in [0.4, 0.5) is 19.0 Å². The molecule has 0 bridgehead atoms. The van der Waals surface area contributed by atoms with Crippen molar-refractivity contribution in [2.45, 2.75) is 50.9 Å². The molecule has 3 aromatic heterocycles. The van der Waals surface area contributed by atoms with E-state index in [4.69, 9.17) is 0 Å². The molecule has 3 heterocycles. The number of benzene rings is 1. The van der Waals surface area contributed by atoms with Crippen LogP contribution in [0.1, 0.15) is 47.6 Å². The first-order valence-corrected chi connectivity index (χ1v) is 11.2. The van der Waals surface area contributed by atoms with E-state index >= 15 is 0 Å². The number of fused-ring (bicyclic) bond motifs is 2. The number of H-pyrrole nitrogens is 1. The summed E-state index contributed by atoms with van der Waals surface area (Å²) in [5, 5.41) is 3.14. The molecule has 10 heteroatoms. The second-order valence-electron chi connectivity index (χ2n) is 8.85. The summed E-state index contributed by atoms with van der Waals surface area (Å²) in [4.78, 5) is 26.2. The molecule has 0 saturated heterocycles. The second-order valence-corrected chi connectivity index (χ2v) is 8.85. The summed E-state index contributed by atoms with van der Waals surface area (Å²) in [5.41, 5.74) is 1.43. The number of aromatic amines is 1. The van der Waals surface area contributed by atoms with E-state index in [1.807, 2.05) is 31.0 Å². The van der Waals surface area contributed by atoms with Crippen molar-refractivity contribution < 1.29 is 18.0 Å². The van der Waals surface area contributed by atoms with E-state index < -0.39 is 11.9 Å². The Labute approximate surface area is 194 Å². The Morgan fingerprint density at radius 3 is 2.59 bits per heavy atom. The van der Waals surface area contributed by atoms with Gasteiger partial charge in [0.15, 0.2) is 5.69 Å². The van der Waals surface area contributed by atoms with Crippen molar-refractivity contribution in [1.29, 1.82) is 0 Å². The van der Waals surface area contributed by atoms with E-state index in [0.717, 1.165) is 48.7 Å². The summed E-state index contributed by atoms with van der Waals surface area (Å²) in [6, 6.07) is 10.8. The first-order valence-electron chi connectivity index (χ1n) is 11.2. The number of nitrogens with one attached hydrogen (secondary N) is 2. The van der Waals surface area contributed by atoms with Crippen LogP contribution in [0.5, 0.6) is 0 Å². The number of aromatic nitrogens is 4. The third-order valence-corrected chi connectivity index (χ3v) is 6.58. The van der Waals surface area contributed by atoms with Gasteiger partial charge >= 0.3 is 6.18 Å². The average Bonchev–Trinajstić information content (AvgIpc) is 3.41. The van der Waals surface area contributed by atoms with Crippen molar-refractivity contribution in [1.82, 2.24) is 24.7 Å². The number of carbonyl (C=O) groups excluding carboxylic acids is 1. The lowest BCUT2D eigenvalue weighted by atomic mass is 9.90. The largest absolute Gasteiger partial charge is 0.434 e. The number of nitrogens with zero attached hydrogens (tertiary/aromatic N) is 4. The van der Waals surface area contributed by atoms with E-state index in [1.165, 1.54) is 4.40 Å². The summed E-state index contributed by atoms with van der Waals surface area (Å²) in [6.07, 6.45) is -0.251. The van der Waals surface area contributed by atoms with Gasteiger partial charge in [-0.25, -0.2) is 9.97 Å².